The normalized spacial score (nSPS) is 24.0. The van der Waals surface area contributed by atoms with E-state index in [1.807, 2.05) is 0 Å². The fraction of sp³-hybridized carbons (Fsp3) is 0.300. The quantitative estimate of drug-likeness (QED) is 0.665. The standard InChI is InChI=1S/C20H20F2N2O3S/c21-10-17-15(11-25)20(12-27-17,14-8-4-5-9-16(14)22)24-19(28)23-18(26)13-6-2-1-3-7-13/h1-9,15,17,25H,10-12H2,(H2,23,24,26,28). The number of carbonyl (C=O) groups excluding carboxylic acids is 1. The summed E-state index contributed by atoms with van der Waals surface area (Å²) in [5, 5.41) is 15.3. The lowest BCUT2D eigenvalue weighted by molar-refractivity contribution is 0.0524. The summed E-state index contributed by atoms with van der Waals surface area (Å²) >= 11 is 5.26. The van der Waals surface area contributed by atoms with E-state index < -0.39 is 42.6 Å². The van der Waals surface area contributed by atoms with Gasteiger partial charge in [-0.1, -0.05) is 36.4 Å². The molecule has 8 heteroatoms. The van der Waals surface area contributed by atoms with Crippen LogP contribution in [0, 0.1) is 11.7 Å². The van der Waals surface area contributed by atoms with E-state index in [1.165, 1.54) is 18.2 Å². The Morgan fingerprint density at radius 3 is 2.54 bits per heavy atom. The second-order valence-electron chi connectivity index (χ2n) is 6.52. The van der Waals surface area contributed by atoms with Gasteiger partial charge < -0.3 is 15.2 Å². The van der Waals surface area contributed by atoms with Gasteiger partial charge in [-0.05, 0) is 30.4 Å². The van der Waals surface area contributed by atoms with E-state index in [2.05, 4.69) is 10.6 Å². The molecule has 1 fully saturated rings. The van der Waals surface area contributed by atoms with Gasteiger partial charge in [0.25, 0.3) is 5.91 Å². The Morgan fingerprint density at radius 1 is 1.21 bits per heavy atom. The van der Waals surface area contributed by atoms with Gasteiger partial charge in [-0.2, -0.15) is 0 Å². The number of nitrogens with one attached hydrogen (secondary N) is 2. The number of alkyl halides is 1. The number of hydrogen-bond donors (Lipinski definition) is 3. The van der Waals surface area contributed by atoms with E-state index in [-0.39, 0.29) is 17.3 Å². The maximum absolute atomic E-state index is 14.6. The average molecular weight is 406 g/mol. The Bertz CT molecular complexity index is 852. The molecule has 3 unspecified atom stereocenters. The van der Waals surface area contributed by atoms with E-state index >= 15 is 0 Å². The van der Waals surface area contributed by atoms with Crippen LogP contribution in [0.15, 0.2) is 54.6 Å². The van der Waals surface area contributed by atoms with E-state index in [0.717, 1.165) is 0 Å². The van der Waals surface area contributed by atoms with E-state index in [9.17, 15) is 18.7 Å². The number of amides is 1. The molecule has 2 aromatic rings. The van der Waals surface area contributed by atoms with Gasteiger partial charge >= 0.3 is 0 Å². The summed E-state index contributed by atoms with van der Waals surface area (Å²) in [6.07, 6.45) is -0.926. The molecule has 5 nitrogen and oxygen atoms in total. The fourth-order valence-electron chi connectivity index (χ4n) is 3.50. The van der Waals surface area contributed by atoms with Crippen molar-refractivity contribution in [1.29, 1.82) is 0 Å². The van der Waals surface area contributed by atoms with Crippen molar-refractivity contribution in [2.45, 2.75) is 11.6 Å². The minimum absolute atomic E-state index is 0.0707. The van der Waals surface area contributed by atoms with Crippen LogP contribution in [0.25, 0.3) is 0 Å². The van der Waals surface area contributed by atoms with Crippen LogP contribution in [-0.4, -0.2) is 42.1 Å². The van der Waals surface area contributed by atoms with Crippen molar-refractivity contribution in [3.05, 3.63) is 71.5 Å². The Balaban J connectivity index is 1.89. The van der Waals surface area contributed by atoms with Crippen molar-refractivity contribution in [1.82, 2.24) is 10.6 Å². The number of ether oxygens (including phenoxy) is 1. The number of carbonyl (C=O) groups is 1. The van der Waals surface area contributed by atoms with Crippen LogP contribution in [0.3, 0.4) is 0 Å². The molecule has 148 valence electrons. The molecule has 0 saturated carbocycles. The number of benzene rings is 2. The van der Waals surface area contributed by atoms with Crippen molar-refractivity contribution in [3.63, 3.8) is 0 Å². The summed E-state index contributed by atoms with van der Waals surface area (Å²) in [6.45, 7) is -1.41. The molecule has 0 radical (unpaired) electrons. The summed E-state index contributed by atoms with van der Waals surface area (Å²) in [7, 11) is 0. The number of rotatable bonds is 5. The Hall–Kier alpha value is -2.42. The van der Waals surface area contributed by atoms with Gasteiger partial charge in [0, 0.05) is 17.0 Å². The third-order valence-electron chi connectivity index (χ3n) is 4.91. The second-order valence-corrected chi connectivity index (χ2v) is 6.93. The molecule has 1 aliphatic rings. The second kappa shape index (κ2) is 8.72. The van der Waals surface area contributed by atoms with Gasteiger partial charge in [-0.3, -0.25) is 10.1 Å². The van der Waals surface area contributed by atoms with Crippen molar-refractivity contribution >= 4 is 23.2 Å². The van der Waals surface area contributed by atoms with Crippen molar-refractivity contribution in [3.8, 4) is 0 Å². The molecule has 1 amide bonds. The minimum Gasteiger partial charge on any atom is -0.396 e. The molecule has 3 rings (SSSR count). The highest BCUT2D eigenvalue weighted by atomic mass is 32.1. The first-order valence-corrected chi connectivity index (χ1v) is 9.14. The first-order chi connectivity index (χ1) is 13.5. The molecule has 0 spiro atoms. The number of hydrogen-bond acceptors (Lipinski definition) is 4. The molecule has 2 aromatic carbocycles. The predicted molar refractivity (Wildman–Crippen MR) is 104 cm³/mol. The summed E-state index contributed by atoms with van der Waals surface area (Å²) < 4.78 is 33.5. The van der Waals surface area contributed by atoms with Crippen molar-refractivity contribution < 1.29 is 23.4 Å². The first-order valence-electron chi connectivity index (χ1n) is 8.74. The summed E-state index contributed by atoms with van der Waals surface area (Å²) in [5.74, 6) is -1.79. The summed E-state index contributed by atoms with van der Waals surface area (Å²) in [4.78, 5) is 12.4. The van der Waals surface area contributed by atoms with Crippen molar-refractivity contribution in [2.75, 3.05) is 19.9 Å². The molecule has 0 bridgehead atoms. The molecule has 1 aliphatic heterocycles. The number of thiocarbonyl (C=S) groups is 1. The molecular formula is C20H20F2N2O3S. The first kappa shape index (κ1) is 20.3. The lowest BCUT2D eigenvalue weighted by Gasteiger charge is -2.36. The highest BCUT2D eigenvalue weighted by molar-refractivity contribution is 7.80. The lowest BCUT2D eigenvalue weighted by Crippen LogP contribution is -2.57. The minimum atomic E-state index is -1.32. The molecule has 3 atom stereocenters. The monoisotopic (exact) mass is 406 g/mol. The summed E-state index contributed by atoms with van der Waals surface area (Å²) in [6, 6.07) is 14.4. The lowest BCUT2D eigenvalue weighted by atomic mass is 9.78. The fourth-order valence-corrected chi connectivity index (χ4v) is 3.77. The zero-order valence-corrected chi connectivity index (χ0v) is 15.7. The van der Waals surface area contributed by atoms with Crippen LogP contribution >= 0.6 is 12.2 Å². The molecule has 0 aliphatic carbocycles. The third-order valence-corrected chi connectivity index (χ3v) is 5.11. The number of halogens is 2. The Labute approximate surface area is 166 Å². The molecule has 3 N–H and O–H groups in total. The zero-order valence-electron chi connectivity index (χ0n) is 14.9. The number of aliphatic hydroxyl groups is 1. The highest BCUT2D eigenvalue weighted by Gasteiger charge is 2.52. The SMILES string of the molecule is O=C(NC(=S)NC1(c2ccccc2F)COC(CF)C1CO)c1ccccc1. The van der Waals surface area contributed by atoms with E-state index in [4.69, 9.17) is 17.0 Å². The molecule has 0 aromatic heterocycles. The average Bonchev–Trinajstić information content (AvgIpc) is 3.06. The zero-order chi connectivity index (χ0) is 20.1. The van der Waals surface area contributed by atoms with Gasteiger partial charge in [0.2, 0.25) is 0 Å². The smallest absolute Gasteiger partial charge is 0.257 e. The predicted octanol–water partition coefficient (Wildman–Crippen LogP) is 2.30. The molecule has 28 heavy (non-hydrogen) atoms. The van der Waals surface area contributed by atoms with Crippen LogP contribution in [0.2, 0.25) is 0 Å². The van der Waals surface area contributed by atoms with Gasteiger partial charge in [0.1, 0.15) is 12.5 Å². The maximum Gasteiger partial charge on any atom is 0.257 e. The topological polar surface area (TPSA) is 70.6 Å². The van der Waals surface area contributed by atoms with Gasteiger partial charge in [0.15, 0.2) is 5.11 Å². The summed E-state index contributed by atoms with van der Waals surface area (Å²) in [5.41, 5.74) is -0.742. The Kier molecular flexibility index (Phi) is 6.33. The third kappa shape index (κ3) is 3.89. The van der Waals surface area contributed by atoms with Crippen LogP contribution in [-0.2, 0) is 10.3 Å². The largest absolute Gasteiger partial charge is 0.396 e. The highest BCUT2D eigenvalue weighted by Crippen LogP contribution is 2.40. The van der Waals surface area contributed by atoms with Gasteiger partial charge in [-0.15, -0.1) is 0 Å². The van der Waals surface area contributed by atoms with Crippen LogP contribution in [0.5, 0.6) is 0 Å². The Morgan fingerprint density at radius 2 is 1.89 bits per heavy atom. The van der Waals surface area contributed by atoms with E-state index in [0.29, 0.717) is 5.56 Å². The van der Waals surface area contributed by atoms with Crippen molar-refractivity contribution in [2.24, 2.45) is 5.92 Å². The van der Waals surface area contributed by atoms with Crippen LogP contribution in [0.1, 0.15) is 15.9 Å². The molecule has 1 saturated heterocycles. The van der Waals surface area contributed by atoms with E-state index in [1.54, 1.807) is 36.4 Å². The molecular weight excluding hydrogens is 386 g/mol. The molecule has 1 heterocycles. The van der Waals surface area contributed by atoms with Gasteiger partial charge in [0.05, 0.1) is 24.9 Å². The van der Waals surface area contributed by atoms with Gasteiger partial charge in [-0.25, -0.2) is 8.78 Å². The van der Waals surface area contributed by atoms with Crippen LogP contribution in [0.4, 0.5) is 8.78 Å². The number of aliphatic hydroxyl groups excluding tert-OH is 1. The van der Waals surface area contributed by atoms with Crippen LogP contribution < -0.4 is 10.6 Å². The maximum atomic E-state index is 14.6.